The van der Waals surface area contributed by atoms with E-state index in [1.54, 1.807) is 0 Å². The lowest BCUT2D eigenvalue weighted by molar-refractivity contribution is 0.486. The maximum Gasteiger partial charge on any atom is 0.00386 e. The number of rotatable bonds is 3. The van der Waals surface area contributed by atoms with Crippen molar-refractivity contribution in [3.05, 3.63) is 0 Å². The first kappa shape index (κ1) is 17.9. The van der Waals surface area contributed by atoms with Crippen molar-refractivity contribution in [2.75, 3.05) is 0 Å². The van der Waals surface area contributed by atoms with Crippen LogP contribution in [-0.2, 0) is 0 Å². The highest BCUT2D eigenvalue weighted by Gasteiger charge is 2.00. The molecule has 1 nitrogen and oxygen atoms in total. The van der Waals surface area contributed by atoms with E-state index in [1.165, 1.54) is 0 Å². The Hall–Kier alpha value is -0.0400. The summed E-state index contributed by atoms with van der Waals surface area (Å²) < 4.78 is 0. The Bertz CT molecular complexity index is 51.0. The molecule has 78 valence electrons. The minimum absolute atomic E-state index is 0.426. The quantitative estimate of drug-likeness (QED) is 0.693. The second-order valence-corrected chi connectivity index (χ2v) is 2.80. The van der Waals surface area contributed by atoms with Crippen LogP contribution in [0.4, 0.5) is 0 Å². The van der Waals surface area contributed by atoms with Crippen LogP contribution in [0.2, 0.25) is 0 Å². The molecule has 0 saturated heterocycles. The molecule has 0 aromatic heterocycles. The van der Waals surface area contributed by atoms with Gasteiger partial charge in [0, 0.05) is 6.04 Å². The lowest BCUT2D eigenvalue weighted by Crippen LogP contribution is -2.20. The third-order valence-electron chi connectivity index (χ3n) is 1.30. The van der Waals surface area contributed by atoms with Crippen molar-refractivity contribution < 1.29 is 0 Å². The molecule has 0 aliphatic carbocycles. The van der Waals surface area contributed by atoms with E-state index in [9.17, 15) is 0 Å². The second-order valence-electron chi connectivity index (χ2n) is 2.80. The van der Waals surface area contributed by atoms with E-state index in [4.69, 9.17) is 5.73 Å². The smallest absolute Gasteiger partial charge is 0.00386 e. The van der Waals surface area contributed by atoms with E-state index in [-0.39, 0.29) is 0 Å². The fourth-order valence-electron chi connectivity index (χ4n) is 0.772. The van der Waals surface area contributed by atoms with Gasteiger partial charge in [0.2, 0.25) is 0 Å². The minimum Gasteiger partial charge on any atom is -0.328 e. The first-order chi connectivity index (χ1) is 5.66. The number of hydrogen-bond acceptors (Lipinski definition) is 1. The SMILES string of the molecule is CC.CC.CCC(N)CC(C)C. The van der Waals surface area contributed by atoms with Crippen LogP contribution in [0.1, 0.15) is 61.3 Å². The zero-order chi connectivity index (χ0) is 10.6. The molecule has 1 unspecified atom stereocenters. The zero-order valence-electron chi connectivity index (χ0n) is 10.1. The summed E-state index contributed by atoms with van der Waals surface area (Å²) in [7, 11) is 0. The Balaban J connectivity index is -0.000000175. The Morgan fingerprint density at radius 1 is 1.00 bits per heavy atom. The Labute approximate surface area is 79.7 Å². The van der Waals surface area contributed by atoms with E-state index in [1.807, 2.05) is 27.7 Å². The highest BCUT2D eigenvalue weighted by molar-refractivity contribution is 4.59. The summed E-state index contributed by atoms with van der Waals surface area (Å²) in [6.45, 7) is 14.5. The fraction of sp³-hybridized carbons (Fsp3) is 1.00. The van der Waals surface area contributed by atoms with Crippen LogP contribution in [0, 0.1) is 5.92 Å². The molecule has 0 saturated carbocycles. The van der Waals surface area contributed by atoms with Crippen molar-refractivity contribution in [1.82, 2.24) is 0 Å². The third-order valence-corrected chi connectivity index (χ3v) is 1.30. The highest BCUT2D eigenvalue weighted by Crippen LogP contribution is 2.03. The molecule has 0 amide bonds. The first-order valence-corrected chi connectivity index (χ1v) is 5.42. The van der Waals surface area contributed by atoms with Gasteiger partial charge in [-0.1, -0.05) is 48.5 Å². The van der Waals surface area contributed by atoms with Gasteiger partial charge in [0.25, 0.3) is 0 Å². The molecule has 0 radical (unpaired) electrons. The van der Waals surface area contributed by atoms with Crippen molar-refractivity contribution in [3.63, 3.8) is 0 Å². The van der Waals surface area contributed by atoms with Crippen LogP contribution < -0.4 is 5.73 Å². The molecule has 0 aliphatic heterocycles. The lowest BCUT2D eigenvalue weighted by atomic mass is 10.0. The molecular formula is C11H29N. The molecule has 0 aromatic rings. The standard InChI is InChI=1S/C7H17N.2C2H6/c1-4-7(8)5-6(2)3;2*1-2/h6-7H,4-5,8H2,1-3H3;2*1-2H3. The number of nitrogens with two attached hydrogens (primary N) is 1. The van der Waals surface area contributed by atoms with Crippen molar-refractivity contribution >= 4 is 0 Å². The van der Waals surface area contributed by atoms with E-state index in [2.05, 4.69) is 20.8 Å². The van der Waals surface area contributed by atoms with Gasteiger partial charge in [0.05, 0.1) is 0 Å². The first-order valence-electron chi connectivity index (χ1n) is 5.42. The summed E-state index contributed by atoms with van der Waals surface area (Å²) in [5, 5.41) is 0. The van der Waals surface area contributed by atoms with Gasteiger partial charge in [-0.05, 0) is 18.8 Å². The van der Waals surface area contributed by atoms with Crippen LogP contribution in [0.5, 0.6) is 0 Å². The van der Waals surface area contributed by atoms with Gasteiger partial charge in [-0.3, -0.25) is 0 Å². The van der Waals surface area contributed by atoms with Crippen LogP contribution in [0.25, 0.3) is 0 Å². The maximum absolute atomic E-state index is 5.67. The summed E-state index contributed by atoms with van der Waals surface area (Å²) in [5.41, 5.74) is 5.67. The predicted molar refractivity (Wildman–Crippen MR) is 60.4 cm³/mol. The maximum atomic E-state index is 5.67. The topological polar surface area (TPSA) is 26.0 Å². The van der Waals surface area contributed by atoms with Crippen molar-refractivity contribution in [3.8, 4) is 0 Å². The normalized spacial score (nSPS) is 10.8. The van der Waals surface area contributed by atoms with Crippen LogP contribution >= 0.6 is 0 Å². The average molecular weight is 175 g/mol. The Morgan fingerprint density at radius 3 is 1.42 bits per heavy atom. The lowest BCUT2D eigenvalue weighted by Gasteiger charge is -2.09. The molecule has 1 heteroatoms. The largest absolute Gasteiger partial charge is 0.328 e. The minimum atomic E-state index is 0.426. The average Bonchev–Trinajstić information content (AvgIpc) is 2.10. The van der Waals surface area contributed by atoms with Gasteiger partial charge < -0.3 is 5.73 Å². The molecule has 0 bridgehead atoms. The summed E-state index contributed by atoms with van der Waals surface area (Å²) in [6, 6.07) is 0.426. The van der Waals surface area contributed by atoms with Gasteiger partial charge >= 0.3 is 0 Å². The fourth-order valence-corrected chi connectivity index (χ4v) is 0.772. The molecule has 1 atom stereocenters. The van der Waals surface area contributed by atoms with Crippen molar-refractivity contribution in [2.24, 2.45) is 11.7 Å². The third kappa shape index (κ3) is 22.5. The molecule has 0 heterocycles. The van der Waals surface area contributed by atoms with Gasteiger partial charge in [-0.2, -0.15) is 0 Å². The van der Waals surface area contributed by atoms with E-state index in [0.29, 0.717) is 6.04 Å². The molecule has 0 fully saturated rings. The summed E-state index contributed by atoms with van der Waals surface area (Å²) in [4.78, 5) is 0. The van der Waals surface area contributed by atoms with Gasteiger partial charge in [-0.25, -0.2) is 0 Å². The summed E-state index contributed by atoms with van der Waals surface area (Å²) >= 11 is 0. The second kappa shape index (κ2) is 17.2. The molecule has 0 aliphatic rings. The zero-order valence-corrected chi connectivity index (χ0v) is 10.1. The van der Waals surface area contributed by atoms with Crippen LogP contribution in [-0.4, -0.2) is 6.04 Å². The molecule has 0 rings (SSSR count). The highest BCUT2D eigenvalue weighted by atomic mass is 14.6. The monoisotopic (exact) mass is 175 g/mol. The Kier molecular flexibility index (Phi) is 25.6. The van der Waals surface area contributed by atoms with Crippen LogP contribution in [0.3, 0.4) is 0 Å². The van der Waals surface area contributed by atoms with Crippen LogP contribution in [0.15, 0.2) is 0 Å². The molecule has 12 heavy (non-hydrogen) atoms. The van der Waals surface area contributed by atoms with E-state index in [0.717, 1.165) is 18.8 Å². The van der Waals surface area contributed by atoms with E-state index < -0.39 is 0 Å². The van der Waals surface area contributed by atoms with Crippen molar-refractivity contribution in [2.45, 2.75) is 67.3 Å². The molecule has 0 spiro atoms. The predicted octanol–water partition coefficient (Wildman–Crippen LogP) is 3.82. The summed E-state index contributed by atoms with van der Waals surface area (Å²) in [5.74, 6) is 0.755. The van der Waals surface area contributed by atoms with Gasteiger partial charge in [-0.15, -0.1) is 0 Å². The number of hydrogen-bond donors (Lipinski definition) is 1. The summed E-state index contributed by atoms with van der Waals surface area (Å²) in [6.07, 6.45) is 2.27. The molecule has 0 aromatic carbocycles. The van der Waals surface area contributed by atoms with Gasteiger partial charge in [0.15, 0.2) is 0 Å². The Morgan fingerprint density at radius 2 is 1.33 bits per heavy atom. The van der Waals surface area contributed by atoms with Crippen molar-refractivity contribution in [1.29, 1.82) is 0 Å². The van der Waals surface area contributed by atoms with E-state index >= 15 is 0 Å². The van der Waals surface area contributed by atoms with Gasteiger partial charge in [0.1, 0.15) is 0 Å². The molecular weight excluding hydrogens is 146 g/mol. The molecule has 2 N–H and O–H groups in total.